The molecule has 0 radical (unpaired) electrons. The molecule has 0 fully saturated rings. The van der Waals surface area contributed by atoms with E-state index in [1.165, 1.54) is 0 Å². The Kier molecular flexibility index (Phi) is 5.19. The van der Waals surface area contributed by atoms with E-state index >= 15 is 0 Å². The van der Waals surface area contributed by atoms with Crippen LogP contribution < -0.4 is 10.2 Å². The van der Waals surface area contributed by atoms with Crippen molar-refractivity contribution in [2.45, 2.75) is 39.2 Å². The monoisotopic (exact) mass is 304 g/mol. The molecule has 2 rings (SSSR count). The lowest BCUT2D eigenvalue weighted by Gasteiger charge is -2.23. The molecule has 0 saturated heterocycles. The smallest absolute Gasteiger partial charge is 0.316 e. The molecule has 5 heteroatoms. The van der Waals surface area contributed by atoms with Gasteiger partial charge in [-0.3, -0.25) is 9.59 Å². The highest BCUT2D eigenvalue weighted by atomic mass is 16.3. The van der Waals surface area contributed by atoms with Crippen LogP contribution in [0.15, 0.2) is 24.3 Å². The summed E-state index contributed by atoms with van der Waals surface area (Å²) in [5, 5.41) is 11.8. The molecule has 0 spiro atoms. The zero-order valence-corrected chi connectivity index (χ0v) is 13.4. The molecule has 5 nitrogen and oxygen atoms in total. The highest BCUT2D eigenvalue weighted by Gasteiger charge is 2.33. The summed E-state index contributed by atoms with van der Waals surface area (Å²) >= 11 is 0. The minimum atomic E-state index is -0.601. The molecule has 2 atom stereocenters. The Morgan fingerprint density at radius 1 is 1.36 bits per heavy atom. The van der Waals surface area contributed by atoms with Crippen LogP contribution in [0.2, 0.25) is 0 Å². The van der Waals surface area contributed by atoms with Crippen LogP contribution in [0.3, 0.4) is 0 Å². The van der Waals surface area contributed by atoms with E-state index in [4.69, 9.17) is 5.11 Å². The van der Waals surface area contributed by atoms with Gasteiger partial charge in [-0.2, -0.15) is 0 Å². The van der Waals surface area contributed by atoms with E-state index in [1.54, 1.807) is 4.90 Å². The van der Waals surface area contributed by atoms with E-state index < -0.39 is 11.8 Å². The van der Waals surface area contributed by atoms with Crippen molar-refractivity contribution in [2.24, 2.45) is 5.92 Å². The summed E-state index contributed by atoms with van der Waals surface area (Å²) in [5.74, 6) is -0.739. The predicted molar refractivity (Wildman–Crippen MR) is 85.7 cm³/mol. The Morgan fingerprint density at radius 2 is 2.05 bits per heavy atom. The van der Waals surface area contributed by atoms with E-state index in [0.717, 1.165) is 11.3 Å². The van der Waals surface area contributed by atoms with Crippen LogP contribution in [0.5, 0.6) is 0 Å². The second kappa shape index (κ2) is 6.92. The zero-order valence-electron chi connectivity index (χ0n) is 13.4. The topological polar surface area (TPSA) is 69.6 Å². The highest BCUT2D eigenvalue weighted by molar-refractivity contribution is 6.40. The fraction of sp³-hybridized carbons (Fsp3) is 0.529. The average molecular weight is 304 g/mol. The third kappa shape index (κ3) is 3.30. The van der Waals surface area contributed by atoms with Gasteiger partial charge in [-0.25, -0.2) is 0 Å². The van der Waals surface area contributed by atoms with E-state index in [-0.39, 0.29) is 24.5 Å². The van der Waals surface area contributed by atoms with Crippen molar-refractivity contribution in [3.8, 4) is 0 Å². The molecular formula is C17H24N2O3. The minimum Gasteiger partial charge on any atom is -0.396 e. The van der Waals surface area contributed by atoms with Crippen molar-refractivity contribution in [1.82, 2.24) is 5.32 Å². The highest BCUT2D eigenvalue weighted by Crippen LogP contribution is 2.35. The van der Waals surface area contributed by atoms with Crippen molar-refractivity contribution in [3.05, 3.63) is 29.8 Å². The molecule has 2 amide bonds. The molecule has 1 aromatic rings. The maximum absolute atomic E-state index is 12.5. The van der Waals surface area contributed by atoms with Gasteiger partial charge >= 0.3 is 11.8 Å². The predicted octanol–water partition coefficient (Wildman–Crippen LogP) is 1.66. The zero-order chi connectivity index (χ0) is 16.3. The first-order valence-electron chi connectivity index (χ1n) is 7.77. The molecule has 1 aliphatic rings. The van der Waals surface area contributed by atoms with Gasteiger partial charge in [-0.15, -0.1) is 0 Å². The van der Waals surface area contributed by atoms with Gasteiger partial charge in [0.1, 0.15) is 0 Å². The number of hydrogen-bond donors (Lipinski definition) is 2. The van der Waals surface area contributed by atoms with Crippen LogP contribution in [0.4, 0.5) is 5.69 Å². The summed E-state index contributed by atoms with van der Waals surface area (Å²) in [6.07, 6.45) is 0.448. The maximum atomic E-state index is 12.5. The van der Waals surface area contributed by atoms with Gasteiger partial charge < -0.3 is 15.3 Å². The number of nitrogens with zero attached hydrogens (tertiary/aromatic N) is 1. The van der Waals surface area contributed by atoms with E-state index in [0.29, 0.717) is 13.0 Å². The molecule has 22 heavy (non-hydrogen) atoms. The maximum Gasteiger partial charge on any atom is 0.316 e. The number of fused-ring (bicyclic) bond motifs is 1. The standard InChI is InChI=1S/C17H24N2O3/c1-11(2)14(8-9-20)18-16(21)17(22)19-10-12(3)13-6-4-5-7-15(13)19/h4-7,11-12,14,20H,8-10H2,1-3H3,(H,18,21). The van der Waals surface area contributed by atoms with Crippen LogP contribution >= 0.6 is 0 Å². The second-order valence-corrected chi connectivity index (χ2v) is 6.21. The van der Waals surface area contributed by atoms with Gasteiger partial charge in [-0.1, -0.05) is 39.0 Å². The number of hydrogen-bond acceptors (Lipinski definition) is 3. The van der Waals surface area contributed by atoms with Crippen LogP contribution in [-0.2, 0) is 9.59 Å². The second-order valence-electron chi connectivity index (χ2n) is 6.21. The molecule has 120 valence electrons. The number of carbonyl (C=O) groups excluding carboxylic acids is 2. The van der Waals surface area contributed by atoms with Crippen LogP contribution in [0.25, 0.3) is 0 Å². The van der Waals surface area contributed by atoms with Gasteiger partial charge in [0.05, 0.1) is 0 Å². The lowest BCUT2D eigenvalue weighted by atomic mass is 10.0. The summed E-state index contributed by atoms with van der Waals surface area (Å²) in [6.45, 7) is 6.47. The van der Waals surface area contributed by atoms with Gasteiger partial charge in [0.15, 0.2) is 0 Å². The molecular weight excluding hydrogens is 280 g/mol. The Labute approximate surface area is 131 Å². The Balaban J connectivity index is 2.10. The summed E-state index contributed by atoms with van der Waals surface area (Å²) < 4.78 is 0. The van der Waals surface area contributed by atoms with Gasteiger partial charge in [0, 0.05) is 30.8 Å². The number of aliphatic hydroxyl groups excluding tert-OH is 1. The van der Waals surface area contributed by atoms with Crippen molar-refractivity contribution < 1.29 is 14.7 Å². The van der Waals surface area contributed by atoms with E-state index in [9.17, 15) is 9.59 Å². The molecule has 1 aliphatic heterocycles. The number of para-hydroxylation sites is 1. The third-order valence-electron chi connectivity index (χ3n) is 4.22. The van der Waals surface area contributed by atoms with Crippen LogP contribution in [-0.4, -0.2) is 36.1 Å². The molecule has 0 aliphatic carbocycles. The molecule has 2 unspecified atom stereocenters. The Hall–Kier alpha value is -1.88. The molecule has 0 saturated carbocycles. The first kappa shape index (κ1) is 16.5. The fourth-order valence-electron chi connectivity index (χ4n) is 2.88. The van der Waals surface area contributed by atoms with Crippen molar-refractivity contribution in [2.75, 3.05) is 18.1 Å². The average Bonchev–Trinajstić information content (AvgIpc) is 2.83. The quantitative estimate of drug-likeness (QED) is 0.831. The summed E-state index contributed by atoms with van der Waals surface area (Å²) in [6, 6.07) is 7.49. The fourth-order valence-corrected chi connectivity index (χ4v) is 2.88. The first-order chi connectivity index (χ1) is 10.5. The van der Waals surface area contributed by atoms with Gasteiger partial charge in [-0.05, 0) is 24.0 Å². The number of benzene rings is 1. The summed E-state index contributed by atoms with van der Waals surface area (Å²) in [4.78, 5) is 26.3. The lowest BCUT2D eigenvalue weighted by Crippen LogP contribution is -2.48. The van der Waals surface area contributed by atoms with Crippen molar-refractivity contribution >= 4 is 17.5 Å². The van der Waals surface area contributed by atoms with Crippen molar-refractivity contribution in [1.29, 1.82) is 0 Å². The third-order valence-corrected chi connectivity index (χ3v) is 4.22. The van der Waals surface area contributed by atoms with Crippen LogP contribution in [0, 0.1) is 5.92 Å². The number of rotatable bonds is 4. The molecule has 1 aromatic carbocycles. The van der Waals surface area contributed by atoms with Crippen LogP contribution in [0.1, 0.15) is 38.7 Å². The van der Waals surface area contributed by atoms with Gasteiger partial charge in [0.25, 0.3) is 0 Å². The van der Waals surface area contributed by atoms with Crippen molar-refractivity contribution in [3.63, 3.8) is 0 Å². The number of amides is 2. The summed E-state index contributed by atoms with van der Waals surface area (Å²) in [5.41, 5.74) is 1.91. The molecule has 2 N–H and O–H groups in total. The molecule has 0 bridgehead atoms. The first-order valence-corrected chi connectivity index (χ1v) is 7.77. The molecule has 0 aromatic heterocycles. The SMILES string of the molecule is CC1CN(C(=O)C(=O)NC(CCO)C(C)C)c2ccccc21. The van der Waals surface area contributed by atoms with Gasteiger partial charge in [0.2, 0.25) is 0 Å². The Morgan fingerprint density at radius 3 is 2.68 bits per heavy atom. The normalized spacial score (nSPS) is 18.2. The summed E-state index contributed by atoms with van der Waals surface area (Å²) in [7, 11) is 0. The molecule has 1 heterocycles. The lowest BCUT2D eigenvalue weighted by molar-refractivity contribution is -0.138. The minimum absolute atomic E-state index is 0.0130. The number of anilines is 1. The number of carbonyl (C=O) groups is 2. The largest absolute Gasteiger partial charge is 0.396 e. The number of nitrogens with one attached hydrogen (secondary N) is 1. The van der Waals surface area contributed by atoms with E-state index in [2.05, 4.69) is 5.32 Å². The van der Waals surface area contributed by atoms with E-state index in [1.807, 2.05) is 45.0 Å². The Bertz CT molecular complexity index is 557. The number of aliphatic hydroxyl groups is 1.